The maximum Gasteiger partial charge on any atom is 0.0346 e. The highest BCUT2D eigenvalue weighted by atomic mass is 32.2. The first-order valence-corrected chi connectivity index (χ1v) is 5.84. The first kappa shape index (κ1) is 11.5. The van der Waals surface area contributed by atoms with E-state index in [9.17, 15) is 0 Å². The van der Waals surface area contributed by atoms with Gasteiger partial charge in [0.15, 0.2) is 0 Å². The number of anilines is 4. The molecule has 0 radical (unpaired) electrons. The van der Waals surface area contributed by atoms with E-state index in [0.717, 1.165) is 9.79 Å². The Bertz CT molecular complexity index is 464. The molecular weight excluding hydrogens is 232 g/mol. The van der Waals surface area contributed by atoms with Crippen molar-refractivity contribution in [1.29, 1.82) is 0 Å². The fourth-order valence-electron chi connectivity index (χ4n) is 1.55. The predicted octanol–water partition coefficient (Wildman–Crippen LogP) is 2.17. The second kappa shape index (κ2) is 4.47. The summed E-state index contributed by atoms with van der Waals surface area (Å²) in [6, 6.07) is 10.9. The van der Waals surface area contributed by atoms with Crippen LogP contribution in [0.25, 0.3) is 0 Å². The standard InChI is InChI=1S/C12H14N4S/c13-7-1-8(14)4-11(3-7)17-12-5-9(15)2-10(16)6-12/h1-6H,13-16H2. The van der Waals surface area contributed by atoms with Crippen LogP contribution in [-0.2, 0) is 0 Å². The zero-order valence-electron chi connectivity index (χ0n) is 9.18. The van der Waals surface area contributed by atoms with Gasteiger partial charge in [-0.1, -0.05) is 11.8 Å². The first-order chi connectivity index (χ1) is 8.02. The molecule has 88 valence electrons. The predicted molar refractivity (Wildman–Crippen MR) is 74.7 cm³/mol. The average Bonchev–Trinajstić information content (AvgIpc) is 2.13. The summed E-state index contributed by atoms with van der Waals surface area (Å²) < 4.78 is 0. The van der Waals surface area contributed by atoms with Gasteiger partial charge >= 0.3 is 0 Å². The zero-order valence-corrected chi connectivity index (χ0v) is 10.00. The van der Waals surface area contributed by atoms with Crippen molar-refractivity contribution in [3.63, 3.8) is 0 Å². The third-order valence-electron chi connectivity index (χ3n) is 2.14. The van der Waals surface area contributed by atoms with Crippen molar-refractivity contribution in [2.45, 2.75) is 9.79 Å². The topological polar surface area (TPSA) is 104 Å². The third kappa shape index (κ3) is 2.98. The van der Waals surface area contributed by atoms with Crippen LogP contribution in [0, 0.1) is 0 Å². The van der Waals surface area contributed by atoms with Crippen LogP contribution in [0.3, 0.4) is 0 Å². The largest absolute Gasteiger partial charge is 0.399 e. The molecule has 0 heterocycles. The summed E-state index contributed by atoms with van der Waals surface area (Å²) in [5.74, 6) is 0. The molecule has 0 bridgehead atoms. The van der Waals surface area contributed by atoms with Crippen LogP contribution in [0.5, 0.6) is 0 Å². The Morgan fingerprint density at radius 2 is 0.824 bits per heavy atom. The van der Waals surface area contributed by atoms with Gasteiger partial charge in [0.25, 0.3) is 0 Å². The van der Waals surface area contributed by atoms with Gasteiger partial charge in [-0.25, -0.2) is 0 Å². The Balaban J connectivity index is 2.31. The van der Waals surface area contributed by atoms with E-state index in [0.29, 0.717) is 22.7 Å². The summed E-state index contributed by atoms with van der Waals surface area (Å²) in [6.07, 6.45) is 0. The Morgan fingerprint density at radius 3 is 1.12 bits per heavy atom. The molecule has 0 fully saturated rings. The molecule has 8 N–H and O–H groups in total. The second-order valence-electron chi connectivity index (χ2n) is 3.77. The van der Waals surface area contributed by atoms with Crippen molar-refractivity contribution < 1.29 is 0 Å². The second-order valence-corrected chi connectivity index (χ2v) is 4.92. The molecule has 0 aromatic heterocycles. The molecule has 17 heavy (non-hydrogen) atoms. The molecule has 2 rings (SSSR count). The van der Waals surface area contributed by atoms with Gasteiger partial charge in [-0.15, -0.1) is 0 Å². The quantitative estimate of drug-likeness (QED) is 0.608. The van der Waals surface area contributed by atoms with Gasteiger partial charge in [-0.05, 0) is 36.4 Å². The molecule has 0 spiro atoms. The minimum absolute atomic E-state index is 0.643. The molecule has 2 aromatic rings. The van der Waals surface area contributed by atoms with Gasteiger partial charge in [0.05, 0.1) is 0 Å². The first-order valence-electron chi connectivity index (χ1n) is 5.03. The molecule has 0 aliphatic heterocycles. The molecular formula is C12H14N4S. The summed E-state index contributed by atoms with van der Waals surface area (Å²) in [6.45, 7) is 0. The van der Waals surface area contributed by atoms with Crippen LogP contribution in [0.2, 0.25) is 0 Å². The molecule has 0 unspecified atom stereocenters. The fraction of sp³-hybridized carbons (Fsp3) is 0. The molecule has 0 saturated carbocycles. The lowest BCUT2D eigenvalue weighted by Gasteiger charge is -2.06. The number of rotatable bonds is 2. The normalized spacial score (nSPS) is 10.4. The lowest BCUT2D eigenvalue weighted by molar-refractivity contribution is 1.41. The zero-order chi connectivity index (χ0) is 12.4. The van der Waals surface area contributed by atoms with Crippen LogP contribution in [-0.4, -0.2) is 0 Å². The molecule has 0 atom stereocenters. The van der Waals surface area contributed by atoms with Crippen LogP contribution in [0.1, 0.15) is 0 Å². The lowest BCUT2D eigenvalue weighted by atomic mass is 10.3. The number of hydrogen-bond acceptors (Lipinski definition) is 5. The van der Waals surface area contributed by atoms with E-state index in [2.05, 4.69) is 0 Å². The lowest BCUT2D eigenvalue weighted by Crippen LogP contribution is -1.92. The summed E-state index contributed by atoms with van der Waals surface area (Å²) in [5.41, 5.74) is 25.5. The Hall–Kier alpha value is -2.01. The maximum absolute atomic E-state index is 5.73. The van der Waals surface area contributed by atoms with Crippen molar-refractivity contribution in [3.8, 4) is 0 Å². The highest BCUT2D eigenvalue weighted by Crippen LogP contribution is 2.32. The molecule has 0 aliphatic carbocycles. The number of benzene rings is 2. The van der Waals surface area contributed by atoms with Gasteiger partial charge < -0.3 is 22.9 Å². The van der Waals surface area contributed by atoms with E-state index in [1.165, 1.54) is 11.8 Å². The third-order valence-corrected chi connectivity index (χ3v) is 3.08. The number of nitrogens with two attached hydrogens (primary N) is 4. The van der Waals surface area contributed by atoms with Crippen molar-refractivity contribution >= 4 is 34.5 Å². The van der Waals surface area contributed by atoms with Crippen molar-refractivity contribution in [2.75, 3.05) is 22.9 Å². The molecule has 0 amide bonds. The van der Waals surface area contributed by atoms with Gasteiger partial charge in [0.2, 0.25) is 0 Å². The van der Waals surface area contributed by atoms with E-state index < -0.39 is 0 Å². The van der Waals surface area contributed by atoms with E-state index >= 15 is 0 Å². The Kier molecular flexibility index (Phi) is 3.01. The van der Waals surface area contributed by atoms with Gasteiger partial charge in [0, 0.05) is 32.5 Å². The highest BCUT2D eigenvalue weighted by Gasteiger charge is 2.02. The van der Waals surface area contributed by atoms with Crippen molar-refractivity contribution in [3.05, 3.63) is 36.4 Å². The van der Waals surface area contributed by atoms with E-state index in [4.69, 9.17) is 22.9 Å². The van der Waals surface area contributed by atoms with Crippen LogP contribution in [0.4, 0.5) is 22.7 Å². The van der Waals surface area contributed by atoms with E-state index in [-0.39, 0.29) is 0 Å². The molecule has 5 heteroatoms. The Labute approximate surface area is 104 Å². The minimum Gasteiger partial charge on any atom is -0.399 e. The smallest absolute Gasteiger partial charge is 0.0346 e. The van der Waals surface area contributed by atoms with Crippen LogP contribution >= 0.6 is 11.8 Å². The summed E-state index contributed by atoms with van der Waals surface area (Å²) in [7, 11) is 0. The molecule has 0 saturated heterocycles. The molecule has 0 aliphatic rings. The van der Waals surface area contributed by atoms with E-state index in [1.54, 1.807) is 12.1 Å². The van der Waals surface area contributed by atoms with Crippen LogP contribution in [0.15, 0.2) is 46.2 Å². The van der Waals surface area contributed by atoms with Gasteiger partial charge in [-0.2, -0.15) is 0 Å². The molecule has 2 aromatic carbocycles. The summed E-state index contributed by atoms with van der Waals surface area (Å²) in [5, 5.41) is 0. The fourth-order valence-corrected chi connectivity index (χ4v) is 2.60. The minimum atomic E-state index is 0.643. The summed E-state index contributed by atoms with van der Waals surface area (Å²) >= 11 is 1.52. The van der Waals surface area contributed by atoms with Crippen LogP contribution < -0.4 is 22.9 Å². The highest BCUT2D eigenvalue weighted by molar-refractivity contribution is 7.99. The van der Waals surface area contributed by atoms with Crippen molar-refractivity contribution in [2.24, 2.45) is 0 Å². The van der Waals surface area contributed by atoms with Crippen molar-refractivity contribution in [1.82, 2.24) is 0 Å². The van der Waals surface area contributed by atoms with Gasteiger partial charge in [-0.3, -0.25) is 0 Å². The van der Waals surface area contributed by atoms with Gasteiger partial charge in [0.1, 0.15) is 0 Å². The summed E-state index contributed by atoms with van der Waals surface area (Å²) in [4.78, 5) is 1.93. The SMILES string of the molecule is Nc1cc(N)cc(Sc2cc(N)cc(N)c2)c1. The monoisotopic (exact) mass is 246 g/mol. The number of hydrogen-bond donors (Lipinski definition) is 4. The van der Waals surface area contributed by atoms with E-state index in [1.807, 2.05) is 24.3 Å². The number of nitrogen functional groups attached to an aromatic ring is 4. The Morgan fingerprint density at radius 1 is 0.529 bits per heavy atom. The maximum atomic E-state index is 5.73. The average molecular weight is 246 g/mol. The molecule has 4 nitrogen and oxygen atoms in total.